The number of carbonyl (C=O) groups excluding carboxylic acids is 1. The summed E-state index contributed by atoms with van der Waals surface area (Å²) in [7, 11) is 0. The van der Waals surface area contributed by atoms with Gasteiger partial charge in [-0.1, -0.05) is 30.3 Å². The number of ether oxygens (including phenoxy) is 1. The Bertz CT molecular complexity index is 772. The maximum atomic E-state index is 11.9. The van der Waals surface area contributed by atoms with E-state index >= 15 is 0 Å². The van der Waals surface area contributed by atoms with Crippen molar-refractivity contribution in [2.75, 3.05) is 18.5 Å². The molecule has 0 aliphatic rings. The lowest BCUT2D eigenvalue weighted by molar-refractivity contribution is 0.133. The van der Waals surface area contributed by atoms with Gasteiger partial charge in [0.15, 0.2) is 0 Å². The standard InChI is InChI=1S/C21H22N4O2/c26-21(24-18-8-2-1-3-9-18)27-15-14-25(16-19-10-4-6-12-22-19)17-20-11-5-7-13-23-20/h1-13H,14-17H2,(H,24,26). The molecule has 0 spiro atoms. The lowest BCUT2D eigenvalue weighted by Gasteiger charge is -2.21. The van der Waals surface area contributed by atoms with Crippen LogP contribution in [0, 0.1) is 0 Å². The Hall–Kier alpha value is -3.25. The summed E-state index contributed by atoms with van der Waals surface area (Å²) >= 11 is 0. The molecule has 0 radical (unpaired) electrons. The largest absolute Gasteiger partial charge is 0.448 e. The van der Waals surface area contributed by atoms with Gasteiger partial charge in [0, 0.05) is 37.7 Å². The molecule has 0 unspecified atom stereocenters. The van der Waals surface area contributed by atoms with Crippen molar-refractivity contribution in [1.29, 1.82) is 0 Å². The van der Waals surface area contributed by atoms with E-state index in [1.165, 1.54) is 0 Å². The number of hydrogen-bond acceptors (Lipinski definition) is 5. The number of nitrogens with zero attached hydrogens (tertiary/aromatic N) is 3. The van der Waals surface area contributed by atoms with Crippen molar-refractivity contribution in [2.45, 2.75) is 13.1 Å². The molecule has 0 bridgehead atoms. The van der Waals surface area contributed by atoms with Crippen LogP contribution in [0.3, 0.4) is 0 Å². The topological polar surface area (TPSA) is 67.3 Å². The predicted molar refractivity (Wildman–Crippen MR) is 104 cm³/mol. The number of anilines is 1. The fourth-order valence-corrected chi connectivity index (χ4v) is 2.60. The fraction of sp³-hybridized carbons (Fsp3) is 0.190. The SMILES string of the molecule is O=C(Nc1ccccc1)OCCN(Cc1ccccn1)Cc1ccccn1. The maximum Gasteiger partial charge on any atom is 0.411 e. The Kier molecular flexibility index (Phi) is 6.89. The summed E-state index contributed by atoms with van der Waals surface area (Å²) in [6.07, 6.45) is 3.09. The van der Waals surface area contributed by atoms with E-state index in [0.717, 1.165) is 11.4 Å². The van der Waals surface area contributed by atoms with Gasteiger partial charge in [-0.3, -0.25) is 20.2 Å². The van der Waals surface area contributed by atoms with Crippen LogP contribution in [0.5, 0.6) is 0 Å². The predicted octanol–water partition coefficient (Wildman–Crippen LogP) is 3.73. The van der Waals surface area contributed by atoms with Gasteiger partial charge in [-0.15, -0.1) is 0 Å². The van der Waals surface area contributed by atoms with Crippen LogP contribution in [0.25, 0.3) is 0 Å². The first-order valence-corrected chi connectivity index (χ1v) is 8.80. The van der Waals surface area contributed by atoms with Crippen LogP contribution in [-0.2, 0) is 17.8 Å². The van der Waals surface area contributed by atoms with Crippen LogP contribution in [0.2, 0.25) is 0 Å². The van der Waals surface area contributed by atoms with Crippen molar-refractivity contribution in [3.8, 4) is 0 Å². The van der Waals surface area contributed by atoms with E-state index in [4.69, 9.17) is 4.74 Å². The van der Waals surface area contributed by atoms with Gasteiger partial charge >= 0.3 is 6.09 Å². The summed E-state index contributed by atoms with van der Waals surface area (Å²) in [5, 5.41) is 2.71. The van der Waals surface area contributed by atoms with Crippen molar-refractivity contribution in [1.82, 2.24) is 14.9 Å². The highest BCUT2D eigenvalue weighted by Gasteiger charge is 2.10. The molecule has 0 saturated heterocycles. The average molecular weight is 362 g/mol. The summed E-state index contributed by atoms with van der Waals surface area (Å²) < 4.78 is 5.32. The Morgan fingerprint density at radius 2 is 1.44 bits per heavy atom. The summed E-state index contributed by atoms with van der Waals surface area (Å²) in [4.78, 5) is 22.8. The highest BCUT2D eigenvalue weighted by atomic mass is 16.5. The number of pyridine rings is 2. The third-order valence-electron chi connectivity index (χ3n) is 3.88. The Labute approximate surface area is 158 Å². The zero-order chi connectivity index (χ0) is 18.7. The molecule has 0 atom stereocenters. The summed E-state index contributed by atoms with van der Waals surface area (Å²) in [5.74, 6) is 0. The minimum atomic E-state index is -0.461. The van der Waals surface area contributed by atoms with Crippen LogP contribution in [0.4, 0.5) is 10.5 Å². The quantitative estimate of drug-likeness (QED) is 0.661. The van der Waals surface area contributed by atoms with Crippen LogP contribution in [-0.4, -0.2) is 34.1 Å². The molecule has 3 aromatic rings. The third-order valence-corrected chi connectivity index (χ3v) is 3.88. The van der Waals surface area contributed by atoms with Gasteiger partial charge in [0.25, 0.3) is 0 Å². The van der Waals surface area contributed by atoms with Gasteiger partial charge in [0.2, 0.25) is 0 Å². The highest BCUT2D eigenvalue weighted by Crippen LogP contribution is 2.08. The van der Waals surface area contributed by atoms with E-state index in [-0.39, 0.29) is 6.61 Å². The fourth-order valence-electron chi connectivity index (χ4n) is 2.60. The first-order valence-electron chi connectivity index (χ1n) is 8.80. The number of benzene rings is 1. The van der Waals surface area contributed by atoms with E-state index in [1.54, 1.807) is 12.4 Å². The van der Waals surface area contributed by atoms with Crippen molar-refractivity contribution in [3.63, 3.8) is 0 Å². The van der Waals surface area contributed by atoms with Crippen molar-refractivity contribution in [2.24, 2.45) is 0 Å². The molecule has 1 aromatic carbocycles. The van der Waals surface area contributed by atoms with E-state index in [0.29, 0.717) is 25.3 Å². The first kappa shape index (κ1) is 18.5. The second-order valence-electron chi connectivity index (χ2n) is 5.98. The summed E-state index contributed by atoms with van der Waals surface area (Å²) in [6, 6.07) is 20.9. The number of para-hydroxylation sites is 1. The maximum absolute atomic E-state index is 11.9. The van der Waals surface area contributed by atoms with Crippen molar-refractivity contribution < 1.29 is 9.53 Å². The number of rotatable bonds is 8. The van der Waals surface area contributed by atoms with Gasteiger partial charge in [-0.05, 0) is 36.4 Å². The highest BCUT2D eigenvalue weighted by molar-refractivity contribution is 5.84. The number of aromatic nitrogens is 2. The van der Waals surface area contributed by atoms with Crippen LogP contribution < -0.4 is 5.32 Å². The first-order chi connectivity index (χ1) is 13.3. The van der Waals surface area contributed by atoms with Gasteiger partial charge in [-0.2, -0.15) is 0 Å². The second-order valence-corrected chi connectivity index (χ2v) is 5.98. The zero-order valence-electron chi connectivity index (χ0n) is 15.0. The van der Waals surface area contributed by atoms with Gasteiger partial charge in [0.1, 0.15) is 6.61 Å². The van der Waals surface area contributed by atoms with Crippen molar-refractivity contribution >= 4 is 11.8 Å². The van der Waals surface area contributed by atoms with Crippen LogP contribution in [0.15, 0.2) is 79.1 Å². The number of hydrogen-bond donors (Lipinski definition) is 1. The van der Waals surface area contributed by atoms with E-state index in [9.17, 15) is 4.79 Å². The van der Waals surface area contributed by atoms with Gasteiger partial charge in [-0.25, -0.2) is 4.79 Å². The molecule has 0 saturated carbocycles. The van der Waals surface area contributed by atoms with Crippen molar-refractivity contribution in [3.05, 3.63) is 90.5 Å². The molecule has 2 heterocycles. The van der Waals surface area contributed by atoms with E-state index < -0.39 is 6.09 Å². The van der Waals surface area contributed by atoms with Crippen LogP contribution >= 0.6 is 0 Å². The monoisotopic (exact) mass is 362 g/mol. The molecule has 1 amide bonds. The smallest absolute Gasteiger partial charge is 0.411 e. The minimum Gasteiger partial charge on any atom is -0.448 e. The lowest BCUT2D eigenvalue weighted by Crippen LogP contribution is -2.29. The van der Waals surface area contributed by atoms with E-state index in [2.05, 4.69) is 20.2 Å². The lowest BCUT2D eigenvalue weighted by atomic mass is 10.3. The van der Waals surface area contributed by atoms with Gasteiger partial charge in [0.05, 0.1) is 11.4 Å². The molecule has 0 aliphatic carbocycles. The normalized spacial score (nSPS) is 10.6. The molecule has 6 nitrogen and oxygen atoms in total. The van der Waals surface area contributed by atoms with Crippen LogP contribution in [0.1, 0.15) is 11.4 Å². The second kappa shape index (κ2) is 10.0. The molecule has 6 heteroatoms. The minimum absolute atomic E-state index is 0.276. The summed E-state index contributed by atoms with van der Waals surface area (Å²) in [5.41, 5.74) is 2.63. The summed E-state index contributed by atoms with van der Waals surface area (Å²) in [6.45, 7) is 2.16. The molecule has 3 rings (SSSR count). The molecular formula is C21H22N4O2. The molecule has 2 aromatic heterocycles. The number of amides is 1. The number of carbonyl (C=O) groups is 1. The molecular weight excluding hydrogens is 340 g/mol. The molecule has 0 fully saturated rings. The Morgan fingerprint density at radius 1 is 0.852 bits per heavy atom. The number of nitrogens with one attached hydrogen (secondary N) is 1. The third kappa shape index (κ3) is 6.52. The average Bonchev–Trinajstić information content (AvgIpc) is 2.70. The molecule has 1 N–H and O–H groups in total. The van der Waals surface area contributed by atoms with Gasteiger partial charge < -0.3 is 4.74 Å². The zero-order valence-corrected chi connectivity index (χ0v) is 15.0. The molecule has 0 aliphatic heterocycles. The molecule has 138 valence electrons. The van der Waals surface area contributed by atoms with E-state index in [1.807, 2.05) is 66.7 Å². The molecule has 27 heavy (non-hydrogen) atoms. The Morgan fingerprint density at radius 3 is 2.00 bits per heavy atom. The Balaban J connectivity index is 1.53.